The van der Waals surface area contributed by atoms with Gasteiger partial charge in [0.2, 0.25) is 0 Å². The van der Waals surface area contributed by atoms with Crippen molar-refractivity contribution in [3.63, 3.8) is 0 Å². The number of guanidine groups is 1. The Hall–Kier alpha value is -0.250. The number of hydrogen-bond acceptors (Lipinski definition) is 2. The van der Waals surface area contributed by atoms with Crippen LogP contribution < -0.4 is 11.1 Å². The molecule has 0 bridgehead atoms. The maximum absolute atomic E-state index is 12.1. The Balaban J connectivity index is 0.00000361. The third kappa shape index (κ3) is 9.62. The number of nitrogens with zero attached hydrogens (tertiary/aromatic N) is 2. The lowest BCUT2D eigenvalue weighted by Crippen LogP contribution is -2.41. The monoisotopic (exact) mass is 408 g/mol. The minimum atomic E-state index is -4.16. The molecule has 8 heteroatoms. The van der Waals surface area contributed by atoms with E-state index in [0.717, 1.165) is 12.8 Å². The van der Waals surface area contributed by atoms with E-state index in [1.54, 1.807) is 0 Å². The quantitative estimate of drug-likeness (QED) is 0.417. The molecular formula is C12H24F3IN4. The van der Waals surface area contributed by atoms with Gasteiger partial charge < -0.3 is 11.1 Å². The Morgan fingerprint density at radius 1 is 1.30 bits per heavy atom. The van der Waals surface area contributed by atoms with Crippen LogP contribution >= 0.6 is 24.0 Å². The zero-order valence-corrected chi connectivity index (χ0v) is 14.1. The molecule has 1 fully saturated rings. The van der Waals surface area contributed by atoms with Crippen LogP contribution in [0.4, 0.5) is 13.2 Å². The number of alkyl halides is 3. The molecule has 0 unspecified atom stereocenters. The van der Waals surface area contributed by atoms with Gasteiger partial charge in [-0.25, -0.2) is 0 Å². The third-order valence-electron chi connectivity index (χ3n) is 3.17. The number of nitrogens with two attached hydrogens (primary N) is 1. The normalized spacial score (nSPS) is 17.9. The Labute approximate surface area is 135 Å². The Morgan fingerprint density at radius 2 is 1.90 bits per heavy atom. The number of rotatable bonds is 5. The van der Waals surface area contributed by atoms with E-state index in [1.165, 1.54) is 31.2 Å². The van der Waals surface area contributed by atoms with Crippen molar-refractivity contribution in [3.8, 4) is 0 Å². The van der Waals surface area contributed by atoms with Crippen LogP contribution in [0.15, 0.2) is 4.99 Å². The molecule has 0 aromatic heterocycles. The molecule has 0 saturated heterocycles. The van der Waals surface area contributed by atoms with E-state index in [9.17, 15) is 13.2 Å². The highest BCUT2D eigenvalue weighted by molar-refractivity contribution is 14.0. The van der Waals surface area contributed by atoms with Crippen molar-refractivity contribution in [2.24, 2.45) is 10.7 Å². The highest BCUT2D eigenvalue weighted by Gasteiger charge is 2.28. The van der Waals surface area contributed by atoms with Crippen LogP contribution in [0.3, 0.4) is 0 Å². The molecule has 0 heterocycles. The Morgan fingerprint density at radius 3 is 2.45 bits per heavy atom. The van der Waals surface area contributed by atoms with Gasteiger partial charge in [0, 0.05) is 12.6 Å². The molecule has 0 amide bonds. The van der Waals surface area contributed by atoms with E-state index >= 15 is 0 Å². The first-order valence-corrected chi connectivity index (χ1v) is 6.68. The lowest BCUT2D eigenvalue weighted by Gasteiger charge is -2.23. The Kier molecular flexibility index (Phi) is 9.52. The number of aliphatic imine (C=N–C) groups is 1. The molecule has 1 saturated carbocycles. The molecule has 1 rings (SSSR count). The summed E-state index contributed by atoms with van der Waals surface area (Å²) in [5, 5.41) is 3.13. The van der Waals surface area contributed by atoms with E-state index in [-0.39, 0.29) is 37.1 Å². The summed E-state index contributed by atoms with van der Waals surface area (Å²) in [6.45, 7) is -0.400. The van der Waals surface area contributed by atoms with Crippen molar-refractivity contribution in [2.45, 2.75) is 44.3 Å². The standard InChI is InChI=1S/C12H23F3N4.HI/c1-19(9-12(13,14)15)8-7-17-11(16)18-10-5-3-2-4-6-10;/h10H,2-9H2,1H3,(H3,16,17,18);1H. The zero-order valence-electron chi connectivity index (χ0n) is 11.7. The van der Waals surface area contributed by atoms with Crippen LogP contribution in [-0.2, 0) is 0 Å². The molecular weight excluding hydrogens is 384 g/mol. The molecule has 0 spiro atoms. The zero-order chi connectivity index (χ0) is 14.3. The van der Waals surface area contributed by atoms with Gasteiger partial charge in [-0.3, -0.25) is 9.89 Å². The van der Waals surface area contributed by atoms with Crippen LogP contribution in [0.5, 0.6) is 0 Å². The van der Waals surface area contributed by atoms with Crippen LogP contribution in [0, 0.1) is 0 Å². The molecule has 0 aromatic carbocycles. The highest BCUT2D eigenvalue weighted by Crippen LogP contribution is 2.17. The fourth-order valence-corrected chi connectivity index (χ4v) is 2.23. The maximum Gasteiger partial charge on any atom is 0.401 e. The topological polar surface area (TPSA) is 53.6 Å². The van der Waals surface area contributed by atoms with Crippen molar-refractivity contribution < 1.29 is 13.2 Å². The smallest absolute Gasteiger partial charge is 0.370 e. The molecule has 120 valence electrons. The summed E-state index contributed by atoms with van der Waals surface area (Å²) < 4.78 is 36.3. The van der Waals surface area contributed by atoms with Crippen LogP contribution in [0.2, 0.25) is 0 Å². The largest absolute Gasteiger partial charge is 0.401 e. The molecule has 3 N–H and O–H groups in total. The number of likely N-dealkylation sites (N-methyl/N-ethyl adjacent to an activating group) is 1. The van der Waals surface area contributed by atoms with Crippen LogP contribution in [0.25, 0.3) is 0 Å². The summed E-state index contributed by atoms with van der Waals surface area (Å²) in [4.78, 5) is 5.25. The molecule has 1 aliphatic carbocycles. The van der Waals surface area contributed by atoms with Crippen molar-refractivity contribution in [1.29, 1.82) is 0 Å². The van der Waals surface area contributed by atoms with Crippen molar-refractivity contribution in [1.82, 2.24) is 10.2 Å². The van der Waals surface area contributed by atoms with Crippen molar-refractivity contribution in [2.75, 3.05) is 26.7 Å². The predicted molar refractivity (Wildman–Crippen MR) is 85.5 cm³/mol. The van der Waals surface area contributed by atoms with Gasteiger partial charge in [-0.1, -0.05) is 19.3 Å². The number of halogens is 4. The summed E-state index contributed by atoms with van der Waals surface area (Å²) in [5.74, 6) is 0.340. The maximum atomic E-state index is 12.1. The minimum Gasteiger partial charge on any atom is -0.370 e. The number of nitrogens with one attached hydrogen (secondary N) is 1. The molecule has 0 radical (unpaired) electrons. The van der Waals surface area contributed by atoms with Gasteiger partial charge in [0.1, 0.15) is 0 Å². The molecule has 20 heavy (non-hydrogen) atoms. The van der Waals surface area contributed by atoms with Crippen molar-refractivity contribution in [3.05, 3.63) is 0 Å². The predicted octanol–water partition coefficient (Wildman–Crippen LogP) is 2.34. The first-order chi connectivity index (χ1) is 8.87. The second kappa shape index (κ2) is 9.64. The first-order valence-electron chi connectivity index (χ1n) is 6.68. The summed E-state index contributed by atoms with van der Waals surface area (Å²) in [6, 6.07) is 0.366. The van der Waals surface area contributed by atoms with Gasteiger partial charge in [0.05, 0.1) is 13.1 Å². The van der Waals surface area contributed by atoms with E-state index in [2.05, 4.69) is 10.3 Å². The van der Waals surface area contributed by atoms with E-state index in [1.807, 2.05) is 0 Å². The van der Waals surface area contributed by atoms with E-state index < -0.39 is 12.7 Å². The molecule has 0 aromatic rings. The van der Waals surface area contributed by atoms with Gasteiger partial charge in [-0.2, -0.15) is 13.2 Å². The second-order valence-electron chi connectivity index (χ2n) is 5.10. The van der Waals surface area contributed by atoms with Gasteiger partial charge in [0.25, 0.3) is 0 Å². The summed E-state index contributed by atoms with van der Waals surface area (Å²) in [6.07, 6.45) is 1.66. The van der Waals surface area contributed by atoms with Gasteiger partial charge in [-0.15, -0.1) is 24.0 Å². The molecule has 1 aliphatic rings. The lowest BCUT2D eigenvalue weighted by atomic mass is 9.96. The van der Waals surface area contributed by atoms with E-state index in [0.29, 0.717) is 12.0 Å². The Bertz CT molecular complexity index is 291. The fourth-order valence-electron chi connectivity index (χ4n) is 2.23. The average molecular weight is 408 g/mol. The molecule has 0 aliphatic heterocycles. The summed E-state index contributed by atoms with van der Waals surface area (Å²) in [7, 11) is 1.42. The molecule has 4 nitrogen and oxygen atoms in total. The first kappa shape index (κ1) is 19.8. The summed E-state index contributed by atoms with van der Waals surface area (Å²) in [5.41, 5.74) is 5.72. The van der Waals surface area contributed by atoms with Gasteiger partial charge in [-0.05, 0) is 19.9 Å². The number of hydrogen-bond donors (Lipinski definition) is 2. The van der Waals surface area contributed by atoms with Gasteiger partial charge in [0.15, 0.2) is 5.96 Å². The van der Waals surface area contributed by atoms with Crippen LogP contribution in [-0.4, -0.2) is 49.8 Å². The summed E-state index contributed by atoms with van der Waals surface area (Å²) >= 11 is 0. The van der Waals surface area contributed by atoms with Gasteiger partial charge >= 0.3 is 6.18 Å². The fraction of sp³-hybridized carbons (Fsp3) is 0.917. The second-order valence-corrected chi connectivity index (χ2v) is 5.10. The minimum absolute atomic E-state index is 0. The third-order valence-corrected chi connectivity index (χ3v) is 3.17. The highest BCUT2D eigenvalue weighted by atomic mass is 127. The lowest BCUT2D eigenvalue weighted by molar-refractivity contribution is -0.142. The van der Waals surface area contributed by atoms with E-state index in [4.69, 9.17) is 5.73 Å². The average Bonchev–Trinajstić information content (AvgIpc) is 2.27. The SMILES string of the molecule is CN(CCN=C(N)NC1CCCCC1)CC(F)(F)F.I. The van der Waals surface area contributed by atoms with Crippen molar-refractivity contribution >= 4 is 29.9 Å². The molecule has 0 atom stereocenters. The van der Waals surface area contributed by atoms with Crippen LogP contribution in [0.1, 0.15) is 32.1 Å².